The summed E-state index contributed by atoms with van der Waals surface area (Å²) in [5.74, 6) is 1.17. The Hall–Kier alpha value is -1.86. The lowest BCUT2D eigenvalue weighted by Crippen LogP contribution is -2.38. The molecular weight excluding hydrogens is 436 g/mol. The summed E-state index contributed by atoms with van der Waals surface area (Å²) in [6.07, 6.45) is 20.9. The third-order valence-electron chi connectivity index (χ3n) is 7.37. The van der Waals surface area contributed by atoms with Crippen molar-refractivity contribution in [3.63, 3.8) is 0 Å². The molecule has 5 rings (SSSR count). The van der Waals surface area contributed by atoms with E-state index in [0.717, 1.165) is 50.9 Å². The van der Waals surface area contributed by atoms with Gasteiger partial charge in [0.2, 0.25) is 5.91 Å². The fraction of sp³-hybridized carbons (Fsp3) is 0.720. The third-order valence-corrected chi connectivity index (χ3v) is 7.37. The number of carbonyl (C=O) groups is 1. The van der Waals surface area contributed by atoms with Gasteiger partial charge in [-0.05, 0) is 38.0 Å². The molecule has 0 aliphatic heterocycles. The summed E-state index contributed by atoms with van der Waals surface area (Å²) < 4.78 is 0. The predicted molar refractivity (Wildman–Crippen MR) is 133 cm³/mol. The summed E-state index contributed by atoms with van der Waals surface area (Å²) >= 11 is 0. The number of nitrogens with two attached hydrogens (primary N) is 1. The van der Waals surface area contributed by atoms with Gasteiger partial charge in [0, 0.05) is 42.7 Å². The standard InChI is InChI=1S/C18H29N3O.C7H11N3.ClH/c22-18(9-5-4-8-14-6-2-1-3-7-14)21-15-10-11-16-17(12-15)20-13-19-16;8-5-1-2-6-7(3-5)10-4-9-6;/h13-15H,1-12H2,(H,19,20)(H,21,22);4-5H,1-3,8H2,(H,9,10);1H. The molecule has 0 radical (unpaired) electrons. The second-order valence-corrected chi connectivity index (χ2v) is 9.92. The highest BCUT2D eigenvalue weighted by Gasteiger charge is 2.22. The van der Waals surface area contributed by atoms with E-state index in [-0.39, 0.29) is 18.3 Å². The lowest BCUT2D eigenvalue weighted by atomic mass is 9.85. The largest absolute Gasteiger partial charge is 0.353 e. The normalized spacial score (nSPS) is 22.2. The minimum Gasteiger partial charge on any atom is -0.353 e. The Morgan fingerprint density at radius 2 is 1.61 bits per heavy atom. The van der Waals surface area contributed by atoms with Gasteiger partial charge in [0.05, 0.1) is 24.0 Å². The van der Waals surface area contributed by atoms with Crippen molar-refractivity contribution in [2.24, 2.45) is 11.7 Å². The molecule has 2 heterocycles. The van der Waals surface area contributed by atoms with E-state index in [0.29, 0.717) is 18.5 Å². The van der Waals surface area contributed by atoms with Crippen molar-refractivity contribution in [3.8, 4) is 0 Å². The minimum atomic E-state index is 0. The lowest BCUT2D eigenvalue weighted by molar-refractivity contribution is -0.122. The van der Waals surface area contributed by atoms with E-state index < -0.39 is 0 Å². The van der Waals surface area contributed by atoms with E-state index in [4.69, 9.17) is 5.73 Å². The second kappa shape index (κ2) is 13.1. The van der Waals surface area contributed by atoms with Gasteiger partial charge < -0.3 is 21.0 Å². The molecule has 1 saturated carbocycles. The fourth-order valence-electron chi connectivity index (χ4n) is 5.45. The van der Waals surface area contributed by atoms with Gasteiger partial charge in [0.15, 0.2) is 0 Å². The molecule has 3 aliphatic carbocycles. The maximum absolute atomic E-state index is 12.1. The van der Waals surface area contributed by atoms with Crippen LogP contribution in [0, 0.1) is 5.92 Å². The van der Waals surface area contributed by atoms with E-state index in [9.17, 15) is 4.79 Å². The first kappa shape index (κ1) is 25.8. The van der Waals surface area contributed by atoms with E-state index in [1.54, 1.807) is 12.7 Å². The number of aryl methyl sites for hydroxylation is 2. The number of amides is 1. The van der Waals surface area contributed by atoms with Crippen LogP contribution in [0.3, 0.4) is 0 Å². The van der Waals surface area contributed by atoms with Gasteiger partial charge >= 0.3 is 0 Å². The van der Waals surface area contributed by atoms with Gasteiger partial charge in [0.25, 0.3) is 0 Å². The first-order valence-corrected chi connectivity index (χ1v) is 12.7. The van der Waals surface area contributed by atoms with Crippen LogP contribution < -0.4 is 11.1 Å². The van der Waals surface area contributed by atoms with Crippen LogP contribution in [0.1, 0.15) is 93.4 Å². The molecule has 2 unspecified atom stereocenters. The number of fused-ring (bicyclic) bond motifs is 2. The molecule has 2 aromatic rings. The number of halogens is 1. The van der Waals surface area contributed by atoms with Crippen LogP contribution in [0.5, 0.6) is 0 Å². The fourth-order valence-corrected chi connectivity index (χ4v) is 5.45. The van der Waals surface area contributed by atoms with Crippen LogP contribution in [-0.4, -0.2) is 37.9 Å². The number of hydrogen-bond donors (Lipinski definition) is 4. The molecule has 5 N–H and O–H groups in total. The van der Waals surface area contributed by atoms with Gasteiger partial charge in [-0.15, -0.1) is 12.4 Å². The van der Waals surface area contributed by atoms with Crippen molar-refractivity contribution in [3.05, 3.63) is 35.4 Å². The zero-order chi connectivity index (χ0) is 22.2. The van der Waals surface area contributed by atoms with Crippen molar-refractivity contribution in [2.75, 3.05) is 0 Å². The topological polar surface area (TPSA) is 112 Å². The predicted octanol–water partition coefficient (Wildman–Crippen LogP) is 4.17. The summed E-state index contributed by atoms with van der Waals surface area (Å²) in [6, 6.07) is 0.631. The average molecular weight is 477 g/mol. The molecule has 184 valence electrons. The first-order chi connectivity index (χ1) is 15.7. The summed E-state index contributed by atoms with van der Waals surface area (Å²) in [7, 11) is 0. The minimum absolute atomic E-state index is 0. The SMILES string of the molecule is Cl.NC1CCc2nc[nH]c2C1.O=C(CCCCC1CCCCC1)NC1CCc2nc[nH]c2C1. The lowest BCUT2D eigenvalue weighted by Gasteiger charge is -2.23. The Kier molecular flexibility index (Phi) is 10.3. The van der Waals surface area contributed by atoms with Crippen LogP contribution in [0.2, 0.25) is 0 Å². The maximum Gasteiger partial charge on any atom is 0.220 e. The van der Waals surface area contributed by atoms with Crippen LogP contribution in [0.25, 0.3) is 0 Å². The number of rotatable bonds is 6. The van der Waals surface area contributed by atoms with E-state index in [1.807, 2.05) is 0 Å². The monoisotopic (exact) mass is 476 g/mol. The maximum atomic E-state index is 12.1. The van der Waals surface area contributed by atoms with E-state index >= 15 is 0 Å². The molecule has 3 aliphatic rings. The number of nitrogens with one attached hydrogen (secondary N) is 3. The van der Waals surface area contributed by atoms with Gasteiger partial charge in [-0.1, -0.05) is 44.9 Å². The molecule has 1 fully saturated rings. The van der Waals surface area contributed by atoms with Gasteiger partial charge in [-0.2, -0.15) is 0 Å². The Morgan fingerprint density at radius 3 is 2.33 bits per heavy atom. The molecule has 1 amide bonds. The summed E-state index contributed by atoms with van der Waals surface area (Å²) in [6.45, 7) is 0. The second-order valence-electron chi connectivity index (χ2n) is 9.92. The number of imidazole rings is 2. The van der Waals surface area contributed by atoms with E-state index in [2.05, 4.69) is 25.3 Å². The summed E-state index contributed by atoms with van der Waals surface area (Å²) in [5, 5.41) is 3.20. The van der Waals surface area contributed by atoms with Crippen molar-refractivity contribution in [2.45, 2.75) is 108 Å². The third kappa shape index (κ3) is 7.85. The zero-order valence-electron chi connectivity index (χ0n) is 19.8. The molecule has 0 bridgehead atoms. The van der Waals surface area contributed by atoms with E-state index in [1.165, 1.54) is 67.7 Å². The van der Waals surface area contributed by atoms with Crippen molar-refractivity contribution < 1.29 is 4.79 Å². The highest BCUT2D eigenvalue weighted by Crippen LogP contribution is 2.28. The van der Waals surface area contributed by atoms with Crippen LogP contribution >= 0.6 is 12.4 Å². The quantitative estimate of drug-likeness (QED) is 0.468. The van der Waals surface area contributed by atoms with Crippen LogP contribution in [0.4, 0.5) is 0 Å². The number of aromatic nitrogens is 4. The molecule has 0 aromatic carbocycles. The van der Waals surface area contributed by atoms with Crippen LogP contribution in [-0.2, 0) is 30.5 Å². The Morgan fingerprint density at radius 1 is 0.939 bits per heavy atom. The van der Waals surface area contributed by atoms with Crippen molar-refractivity contribution in [1.82, 2.24) is 25.3 Å². The number of nitrogens with zero attached hydrogens (tertiary/aromatic N) is 2. The van der Waals surface area contributed by atoms with Gasteiger partial charge in [-0.3, -0.25) is 4.79 Å². The number of hydrogen-bond acceptors (Lipinski definition) is 4. The Labute approximate surface area is 203 Å². The average Bonchev–Trinajstić information content (AvgIpc) is 3.46. The molecule has 2 aromatic heterocycles. The van der Waals surface area contributed by atoms with Gasteiger partial charge in [-0.25, -0.2) is 9.97 Å². The molecule has 0 saturated heterocycles. The number of carbonyl (C=O) groups excluding carboxylic acids is 1. The smallest absolute Gasteiger partial charge is 0.220 e. The first-order valence-electron chi connectivity index (χ1n) is 12.7. The Balaban J connectivity index is 0.000000233. The molecule has 8 heteroatoms. The molecular formula is C25H41ClN6O. The summed E-state index contributed by atoms with van der Waals surface area (Å²) in [4.78, 5) is 26.8. The Bertz CT molecular complexity index is 844. The number of aromatic amines is 2. The molecule has 2 atom stereocenters. The molecule has 33 heavy (non-hydrogen) atoms. The van der Waals surface area contributed by atoms with Crippen molar-refractivity contribution >= 4 is 18.3 Å². The summed E-state index contributed by atoms with van der Waals surface area (Å²) in [5.41, 5.74) is 10.6. The zero-order valence-corrected chi connectivity index (χ0v) is 20.6. The highest BCUT2D eigenvalue weighted by atomic mass is 35.5. The molecule has 7 nitrogen and oxygen atoms in total. The van der Waals surface area contributed by atoms with Crippen molar-refractivity contribution in [1.29, 1.82) is 0 Å². The molecule has 0 spiro atoms. The number of H-pyrrole nitrogens is 2. The number of unbranched alkanes of at least 4 members (excludes halogenated alkanes) is 1. The van der Waals surface area contributed by atoms with Gasteiger partial charge in [0.1, 0.15) is 0 Å². The van der Waals surface area contributed by atoms with Crippen LogP contribution in [0.15, 0.2) is 12.7 Å². The highest BCUT2D eigenvalue weighted by molar-refractivity contribution is 5.85.